The Balaban J connectivity index is 1.97. The standard InChI is InChI=1S/C15H19FN2O3S/c1-22(20,21)17-14-6-3-9-18(11-14)15(19)8-7-12-4-2-5-13(16)10-12/h2,4-5,7-8,10,14,17H,3,6,9,11H2,1H3/b8-7+. The summed E-state index contributed by atoms with van der Waals surface area (Å²) < 4.78 is 38.1. The first-order chi connectivity index (χ1) is 10.3. The molecule has 5 nitrogen and oxygen atoms in total. The molecule has 1 aromatic rings. The number of sulfonamides is 1. The lowest BCUT2D eigenvalue weighted by molar-refractivity contribution is -0.127. The summed E-state index contributed by atoms with van der Waals surface area (Å²) >= 11 is 0. The third-order valence-corrected chi connectivity index (χ3v) is 4.14. The van der Waals surface area contributed by atoms with Gasteiger partial charge in [-0.05, 0) is 36.6 Å². The molecular formula is C15H19FN2O3S. The topological polar surface area (TPSA) is 66.5 Å². The molecule has 7 heteroatoms. The van der Waals surface area contributed by atoms with Gasteiger partial charge in [0, 0.05) is 25.2 Å². The largest absolute Gasteiger partial charge is 0.338 e. The molecule has 1 heterocycles. The molecule has 1 fully saturated rings. The van der Waals surface area contributed by atoms with Gasteiger partial charge in [-0.3, -0.25) is 4.79 Å². The van der Waals surface area contributed by atoms with E-state index in [1.807, 2.05) is 0 Å². The molecule has 0 spiro atoms. The number of carbonyl (C=O) groups is 1. The average molecular weight is 326 g/mol. The van der Waals surface area contributed by atoms with Crippen LogP contribution in [0, 0.1) is 5.82 Å². The summed E-state index contributed by atoms with van der Waals surface area (Å²) in [6.07, 6.45) is 5.51. The van der Waals surface area contributed by atoms with Crippen LogP contribution < -0.4 is 4.72 Å². The molecule has 2 rings (SSSR count). The van der Waals surface area contributed by atoms with Gasteiger partial charge in [0.25, 0.3) is 0 Å². The molecule has 0 bridgehead atoms. The van der Waals surface area contributed by atoms with Crippen molar-refractivity contribution < 1.29 is 17.6 Å². The lowest BCUT2D eigenvalue weighted by Crippen LogP contribution is -2.48. The van der Waals surface area contributed by atoms with Crippen molar-refractivity contribution in [3.63, 3.8) is 0 Å². The fraction of sp³-hybridized carbons (Fsp3) is 0.400. The Morgan fingerprint density at radius 1 is 1.45 bits per heavy atom. The van der Waals surface area contributed by atoms with E-state index in [0.717, 1.165) is 12.7 Å². The van der Waals surface area contributed by atoms with Gasteiger partial charge in [-0.2, -0.15) is 0 Å². The average Bonchev–Trinajstić information content (AvgIpc) is 2.43. The number of halogens is 1. The van der Waals surface area contributed by atoms with Crippen LogP contribution >= 0.6 is 0 Å². The molecule has 0 saturated carbocycles. The Kier molecular flexibility index (Phi) is 5.31. The molecule has 1 aromatic carbocycles. The third kappa shape index (κ3) is 5.23. The predicted molar refractivity (Wildman–Crippen MR) is 83.0 cm³/mol. The van der Waals surface area contributed by atoms with Crippen molar-refractivity contribution in [3.05, 3.63) is 41.7 Å². The van der Waals surface area contributed by atoms with Gasteiger partial charge in [0.05, 0.1) is 6.26 Å². The molecule has 1 atom stereocenters. The lowest BCUT2D eigenvalue weighted by atomic mass is 10.1. The first kappa shape index (κ1) is 16.6. The van der Waals surface area contributed by atoms with Crippen molar-refractivity contribution in [3.8, 4) is 0 Å². The van der Waals surface area contributed by atoms with Crippen molar-refractivity contribution >= 4 is 22.0 Å². The molecule has 0 aromatic heterocycles. The van der Waals surface area contributed by atoms with Crippen LogP contribution in [0.4, 0.5) is 4.39 Å². The fourth-order valence-corrected chi connectivity index (χ4v) is 3.26. The lowest BCUT2D eigenvalue weighted by Gasteiger charge is -2.32. The zero-order valence-electron chi connectivity index (χ0n) is 12.3. The van der Waals surface area contributed by atoms with Crippen molar-refractivity contribution in [2.24, 2.45) is 0 Å². The van der Waals surface area contributed by atoms with E-state index in [-0.39, 0.29) is 17.8 Å². The van der Waals surface area contributed by atoms with Gasteiger partial charge in [0.1, 0.15) is 5.82 Å². The summed E-state index contributed by atoms with van der Waals surface area (Å²) in [7, 11) is -3.28. The highest BCUT2D eigenvalue weighted by Gasteiger charge is 2.24. The number of rotatable bonds is 4. The molecule has 1 aliphatic rings. The Hall–Kier alpha value is -1.73. The van der Waals surface area contributed by atoms with Crippen LogP contribution in [-0.4, -0.2) is 44.6 Å². The minimum Gasteiger partial charge on any atom is -0.338 e. The Morgan fingerprint density at radius 2 is 2.23 bits per heavy atom. The summed E-state index contributed by atoms with van der Waals surface area (Å²) in [5, 5.41) is 0. The number of likely N-dealkylation sites (tertiary alicyclic amines) is 1. The minimum absolute atomic E-state index is 0.204. The number of hydrogen-bond acceptors (Lipinski definition) is 3. The maximum Gasteiger partial charge on any atom is 0.246 e. The smallest absolute Gasteiger partial charge is 0.246 e. The number of benzene rings is 1. The molecule has 120 valence electrons. The summed E-state index contributed by atoms with van der Waals surface area (Å²) in [5.74, 6) is -0.561. The number of piperidine rings is 1. The second-order valence-electron chi connectivity index (χ2n) is 5.40. The number of amides is 1. The van der Waals surface area contributed by atoms with Gasteiger partial charge >= 0.3 is 0 Å². The second-order valence-corrected chi connectivity index (χ2v) is 7.18. The highest BCUT2D eigenvalue weighted by atomic mass is 32.2. The Morgan fingerprint density at radius 3 is 2.91 bits per heavy atom. The van der Waals surface area contributed by atoms with E-state index >= 15 is 0 Å². The quantitative estimate of drug-likeness (QED) is 0.850. The SMILES string of the molecule is CS(=O)(=O)NC1CCCN(C(=O)/C=C/c2cccc(F)c2)C1. The Labute approximate surface area is 129 Å². The molecule has 0 aliphatic carbocycles. The second kappa shape index (κ2) is 7.02. The molecule has 22 heavy (non-hydrogen) atoms. The molecule has 1 saturated heterocycles. The van der Waals surface area contributed by atoms with Crippen molar-refractivity contribution in [2.45, 2.75) is 18.9 Å². The highest BCUT2D eigenvalue weighted by Crippen LogP contribution is 2.12. The van der Waals surface area contributed by atoms with Crippen molar-refractivity contribution in [1.82, 2.24) is 9.62 Å². The molecule has 1 aliphatic heterocycles. The first-order valence-corrected chi connectivity index (χ1v) is 8.92. The van der Waals surface area contributed by atoms with E-state index in [4.69, 9.17) is 0 Å². The van der Waals surface area contributed by atoms with Gasteiger partial charge in [-0.1, -0.05) is 12.1 Å². The molecule has 1 unspecified atom stereocenters. The van der Waals surface area contributed by atoms with Crippen LogP contribution in [0.5, 0.6) is 0 Å². The minimum atomic E-state index is -3.28. The molecule has 1 amide bonds. The highest BCUT2D eigenvalue weighted by molar-refractivity contribution is 7.88. The van der Waals surface area contributed by atoms with E-state index in [9.17, 15) is 17.6 Å². The van der Waals surface area contributed by atoms with Crippen LogP contribution in [0.2, 0.25) is 0 Å². The van der Waals surface area contributed by atoms with E-state index in [2.05, 4.69) is 4.72 Å². The molecule has 0 radical (unpaired) electrons. The van der Waals surface area contributed by atoms with Gasteiger partial charge in [-0.25, -0.2) is 17.5 Å². The van der Waals surface area contributed by atoms with E-state index in [1.54, 1.807) is 23.1 Å². The zero-order chi connectivity index (χ0) is 16.2. The number of nitrogens with zero attached hydrogens (tertiary/aromatic N) is 1. The van der Waals surface area contributed by atoms with Crippen LogP contribution in [0.1, 0.15) is 18.4 Å². The molecule has 1 N–H and O–H groups in total. The first-order valence-electron chi connectivity index (χ1n) is 7.03. The number of hydrogen-bond donors (Lipinski definition) is 1. The van der Waals surface area contributed by atoms with Crippen molar-refractivity contribution in [2.75, 3.05) is 19.3 Å². The van der Waals surface area contributed by atoms with Gasteiger partial charge in [0.15, 0.2) is 0 Å². The van der Waals surface area contributed by atoms with Crippen LogP contribution in [0.3, 0.4) is 0 Å². The van der Waals surface area contributed by atoms with Gasteiger partial charge in [-0.15, -0.1) is 0 Å². The van der Waals surface area contributed by atoms with Gasteiger partial charge in [0.2, 0.25) is 15.9 Å². The molecular weight excluding hydrogens is 307 g/mol. The van der Waals surface area contributed by atoms with Crippen molar-refractivity contribution in [1.29, 1.82) is 0 Å². The van der Waals surface area contributed by atoms with Gasteiger partial charge < -0.3 is 4.90 Å². The van der Waals surface area contributed by atoms with E-state index < -0.39 is 10.0 Å². The maximum absolute atomic E-state index is 13.1. The monoisotopic (exact) mass is 326 g/mol. The third-order valence-electron chi connectivity index (χ3n) is 3.38. The van der Waals surface area contributed by atoms with Crippen LogP contribution in [-0.2, 0) is 14.8 Å². The predicted octanol–water partition coefficient (Wildman–Crippen LogP) is 1.38. The summed E-state index contributed by atoms with van der Waals surface area (Å²) in [6.45, 7) is 0.938. The number of nitrogens with one attached hydrogen (secondary N) is 1. The van der Waals surface area contributed by atoms with Crippen LogP contribution in [0.15, 0.2) is 30.3 Å². The normalized spacial score (nSPS) is 19.5. The summed E-state index contributed by atoms with van der Waals surface area (Å²) in [6, 6.07) is 5.71. The van der Waals surface area contributed by atoms with Crippen LogP contribution in [0.25, 0.3) is 6.08 Å². The summed E-state index contributed by atoms with van der Waals surface area (Å²) in [5.41, 5.74) is 0.608. The maximum atomic E-state index is 13.1. The van der Waals surface area contributed by atoms with E-state index in [1.165, 1.54) is 18.2 Å². The fourth-order valence-electron chi connectivity index (χ4n) is 2.46. The zero-order valence-corrected chi connectivity index (χ0v) is 13.1. The Bertz CT molecular complexity index is 673. The summed E-state index contributed by atoms with van der Waals surface area (Å²) in [4.78, 5) is 13.7. The van der Waals surface area contributed by atoms with E-state index in [0.29, 0.717) is 25.1 Å². The number of carbonyl (C=O) groups excluding carboxylic acids is 1.